The van der Waals surface area contributed by atoms with Crippen molar-refractivity contribution in [3.63, 3.8) is 0 Å². The van der Waals surface area contributed by atoms with Crippen LogP contribution in [0.15, 0.2) is 24.5 Å². The SMILES string of the molecule is Cc1ccc(OCC2CC2)c(-c2ncnc3c(C(=O)N[C@@H]4CCN(C(=O)[C@H](C)O)C[C@@H]4F)c(C)[nH]c23)c1. The highest BCUT2D eigenvalue weighted by atomic mass is 19.1. The van der Waals surface area contributed by atoms with Crippen LogP contribution in [0.4, 0.5) is 4.39 Å². The van der Waals surface area contributed by atoms with Gasteiger partial charge in [-0.1, -0.05) is 11.6 Å². The van der Waals surface area contributed by atoms with Crippen LogP contribution in [0, 0.1) is 19.8 Å². The van der Waals surface area contributed by atoms with Gasteiger partial charge in [-0.15, -0.1) is 0 Å². The third kappa shape index (κ3) is 5.16. The molecule has 3 N–H and O–H groups in total. The normalized spacial score (nSPS) is 20.6. The van der Waals surface area contributed by atoms with Crippen molar-refractivity contribution in [3.8, 4) is 17.0 Å². The molecule has 1 saturated carbocycles. The maximum atomic E-state index is 14.9. The molecule has 37 heavy (non-hydrogen) atoms. The number of aromatic amines is 1. The van der Waals surface area contributed by atoms with Gasteiger partial charge in [0, 0.05) is 17.8 Å². The van der Waals surface area contributed by atoms with Gasteiger partial charge in [0.15, 0.2) is 0 Å². The van der Waals surface area contributed by atoms with E-state index in [1.807, 2.05) is 25.1 Å². The Bertz CT molecular complexity index is 1340. The highest BCUT2D eigenvalue weighted by Crippen LogP contribution is 2.37. The molecule has 1 aliphatic heterocycles. The van der Waals surface area contributed by atoms with E-state index in [1.54, 1.807) is 6.92 Å². The van der Waals surface area contributed by atoms with Gasteiger partial charge in [0.2, 0.25) is 0 Å². The van der Waals surface area contributed by atoms with Crippen LogP contribution in [-0.2, 0) is 4.79 Å². The summed E-state index contributed by atoms with van der Waals surface area (Å²) in [7, 11) is 0. The molecule has 5 rings (SSSR count). The number of ether oxygens (including phenoxy) is 1. The Balaban J connectivity index is 1.41. The summed E-state index contributed by atoms with van der Waals surface area (Å²) in [6, 6.07) is 5.20. The lowest BCUT2D eigenvalue weighted by Gasteiger charge is -2.35. The van der Waals surface area contributed by atoms with E-state index in [2.05, 4.69) is 20.3 Å². The van der Waals surface area contributed by atoms with E-state index < -0.39 is 30.1 Å². The van der Waals surface area contributed by atoms with Crippen molar-refractivity contribution < 1.29 is 23.8 Å². The lowest BCUT2D eigenvalue weighted by molar-refractivity contribution is -0.141. The van der Waals surface area contributed by atoms with Crippen molar-refractivity contribution in [2.45, 2.75) is 58.4 Å². The van der Waals surface area contributed by atoms with Crippen molar-refractivity contribution in [2.75, 3.05) is 19.7 Å². The largest absolute Gasteiger partial charge is 0.493 e. The molecule has 1 saturated heterocycles. The number of aryl methyl sites for hydroxylation is 2. The number of hydrogen-bond donors (Lipinski definition) is 3. The summed E-state index contributed by atoms with van der Waals surface area (Å²) in [5.74, 6) is 0.375. The Morgan fingerprint density at radius 1 is 1.27 bits per heavy atom. The summed E-state index contributed by atoms with van der Waals surface area (Å²) in [4.78, 5) is 38.8. The number of nitrogens with zero attached hydrogens (tertiary/aromatic N) is 3. The zero-order valence-corrected chi connectivity index (χ0v) is 21.3. The van der Waals surface area contributed by atoms with E-state index in [-0.39, 0.29) is 19.5 Å². The number of aromatic nitrogens is 3. The summed E-state index contributed by atoms with van der Waals surface area (Å²) < 4.78 is 21.0. The van der Waals surface area contributed by atoms with Gasteiger partial charge >= 0.3 is 0 Å². The molecule has 3 heterocycles. The number of nitrogens with one attached hydrogen (secondary N) is 2. The number of benzene rings is 1. The van der Waals surface area contributed by atoms with Crippen LogP contribution in [0.3, 0.4) is 0 Å². The number of aliphatic hydroxyl groups is 1. The van der Waals surface area contributed by atoms with Crippen molar-refractivity contribution in [1.82, 2.24) is 25.2 Å². The standard InChI is InChI=1S/C27H32FN5O4/c1-14-4-7-21(37-12-17-5-6-17)18(10-14)23-25-24(30-13-29-23)22(15(2)31-25)26(35)32-20-8-9-33(11-19(20)28)27(36)16(3)34/h4,7,10,13,16-17,19-20,31,34H,5-6,8-9,11-12H2,1-3H3,(H,32,35)/t16-,19-,20+/m0/s1. The molecular weight excluding hydrogens is 477 g/mol. The van der Waals surface area contributed by atoms with Crippen LogP contribution in [0.2, 0.25) is 0 Å². The fraction of sp³-hybridized carbons (Fsp3) is 0.481. The maximum Gasteiger partial charge on any atom is 0.255 e. The second-order valence-electron chi connectivity index (χ2n) is 10.2. The molecule has 0 spiro atoms. The number of H-pyrrole nitrogens is 1. The Kier molecular flexibility index (Phi) is 6.85. The smallest absolute Gasteiger partial charge is 0.255 e. The number of amides is 2. The molecule has 10 heteroatoms. The van der Waals surface area contributed by atoms with Crippen LogP contribution in [0.5, 0.6) is 5.75 Å². The zero-order valence-electron chi connectivity index (χ0n) is 21.3. The van der Waals surface area contributed by atoms with E-state index in [0.29, 0.717) is 40.5 Å². The number of hydrogen-bond acceptors (Lipinski definition) is 6. The molecule has 3 atom stereocenters. The molecule has 2 aromatic heterocycles. The first-order valence-corrected chi connectivity index (χ1v) is 12.7. The predicted molar refractivity (Wildman–Crippen MR) is 136 cm³/mol. The van der Waals surface area contributed by atoms with Crippen LogP contribution in [0.1, 0.15) is 47.8 Å². The van der Waals surface area contributed by atoms with Crippen LogP contribution >= 0.6 is 0 Å². The van der Waals surface area contributed by atoms with Gasteiger partial charge in [-0.25, -0.2) is 14.4 Å². The van der Waals surface area contributed by atoms with Crippen LogP contribution in [0.25, 0.3) is 22.3 Å². The molecule has 0 unspecified atom stereocenters. The van der Waals surface area contributed by atoms with Crippen molar-refractivity contribution >= 4 is 22.8 Å². The van der Waals surface area contributed by atoms with Crippen molar-refractivity contribution in [1.29, 1.82) is 0 Å². The third-order valence-electron chi connectivity index (χ3n) is 7.09. The Hall–Kier alpha value is -3.53. The van der Waals surface area contributed by atoms with Crippen molar-refractivity contribution in [2.24, 2.45) is 5.92 Å². The summed E-state index contributed by atoms with van der Waals surface area (Å²) in [6.45, 7) is 5.87. The van der Waals surface area contributed by atoms with E-state index in [0.717, 1.165) is 16.9 Å². The molecule has 0 bridgehead atoms. The van der Waals surface area contributed by atoms with Gasteiger partial charge in [-0.2, -0.15) is 0 Å². The number of aliphatic hydroxyl groups excluding tert-OH is 1. The Labute approximate surface area is 214 Å². The highest BCUT2D eigenvalue weighted by molar-refractivity contribution is 6.09. The van der Waals surface area contributed by atoms with Gasteiger partial charge in [0.05, 0.1) is 30.3 Å². The molecule has 2 aliphatic rings. The summed E-state index contributed by atoms with van der Waals surface area (Å²) >= 11 is 0. The van der Waals surface area contributed by atoms with E-state index in [4.69, 9.17) is 4.74 Å². The van der Waals surface area contributed by atoms with Gasteiger partial charge < -0.3 is 25.0 Å². The molecule has 0 radical (unpaired) electrons. The first-order chi connectivity index (χ1) is 17.7. The van der Waals surface area contributed by atoms with Crippen LogP contribution < -0.4 is 10.1 Å². The molecule has 1 aromatic carbocycles. The number of carbonyl (C=O) groups is 2. The molecule has 2 fully saturated rings. The Morgan fingerprint density at radius 2 is 2.05 bits per heavy atom. The minimum absolute atomic E-state index is 0.176. The third-order valence-corrected chi connectivity index (χ3v) is 7.09. The number of likely N-dealkylation sites (tertiary alicyclic amines) is 1. The van der Waals surface area contributed by atoms with E-state index in [1.165, 1.54) is 31.0 Å². The minimum atomic E-state index is -1.45. The average Bonchev–Trinajstić information content (AvgIpc) is 3.63. The average molecular weight is 510 g/mol. The van der Waals surface area contributed by atoms with E-state index in [9.17, 15) is 19.1 Å². The second-order valence-corrected chi connectivity index (χ2v) is 10.2. The molecule has 196 valence electrons. The fourth-order valence-electron chi connectivity index (χ4n) is 4.82. The summed E-state index contributed by atoms with van der Waals surface area (Å²) in [5, 5.41) is 12.3. The first-order valence-electron chi connectivity index (χ1n) is 12.7. The second kappa shape index (κ2) is 10.1. The number of alkyl halides is 1. The number of fused-ring (bicyclic) bond motifs is 1. The van der Waals surface area contributed by atoms with Gasteiger partial charge in [-0.05, 0) is 58.1 Å². The molecule has 1 aliphatic carbocycles. The van der Waals surface area contributed by atoms with Gasteiger partial charge in [0.25, 0.3) is 11.8 Å². The predicted octanol–water partition coefficient (Wildman–Crippen LogP) is 3.08. The number of carbonyl (C=O) groups excluding carboxylic acids is 2. The quantitative estimate of drug-likeness (QED) is 0.450. The van der Waals surface area contributed by atoms with Gasteiger partial charge in [-0.3, -0.25) is 9.59 Å². The van der Waals surface area contributed by atoms with Crippen molar-refractivity contribution in [3.05, 3.63) is 41.3 Å². The lowest BCUT2D eigenvalue weighted by Crippen LogP contribution is -2.55. The van der Waals surface area contributed by atoms with Gasteiger partial charge in [0.1, 0.15) is 35.6 Å². The molecule has 3 aromatic rings. The Morgan fingerprint density at radius 3 is 2.76 bits per heavy atom. The maximum absolute atomic E-state index is 14.9. The monoisotopic (exact) mass is 509 g/mol. The molecule has 2 amide bonds. The number of halogens is 1. The number of piperidine rings is 1. The topological polar surface area (TPSA) is 120 Å². The van der Waals surface area contributed by atoms with E-state index >= 15 is 0 Å². The zero-order chi connectivity index (χ0) is 26.3. The number of rotatable bonds is 7. The summed E-state index contributed by atoms with van der Waals surface area (Å²) in [6.07, 6.45) is 1.40. The lowest BCUT2D eigenvalue weighted by atomic mass is 10.0. The first kappa shape index (κ1) is 25.1. The fourth-order valence-corrected chi connectivity index (χ4v) is 4.82. The summed E-state index contributed by atoms with van der Waals surface area (Å²) in [5.41, 5.74) is 4.50. The highest BCUT2D eigenvalue weighted by Gasteiger charge is 2.34. The molecular formula is C27H32FN5O4. The molecule has 9 nitrogen and oxygen atoms in total. The van der Waals surface area contributed by atoms with Crippen LogP contribution in [-0.4, -0.2) is 74.8 Å². The minimum Gasteiger partial charge on any atom is -0.493 e.